The largest absolute Gasteiger partial charge is 0.508 e. The summed E-state index contributed by atoms with van der Waals surface area (Å²) >= 11 is 0. The van der Waals surface area contributed by atoms with Crippen molar-refractivity contribution in [2.45, 2.75) is 20.4 Å². The average molecular weight is 373 g/mol. The van der Waals surface area contributed by atoms with Gasteiger partial charge in [-0.3, -0.25) is 9.59 Å². The molecule has 0 bridgehead atoms. The van der Waals surface area contributed by atoms with Crippen molar-refractivity contribution in [2.75, 3.05) is 7.05 Å². The molecule has 4 heteroatoms. The maximum Gasteiger partial charge on any atom is 0.254 e. The number of benzene rings is 3. The van der Waals surface area contributed by atoms with E-state index in [-0.39, 0.29) is 17.4 Å². The molecular weight excluding hydrogens is 350 g/mol. The van der Waals surface area contributed by atoms with Crippen LogP contribution in [0.15, 0.2) is 66.7 Å². The lowest BCUT2D eigenvalue weighted by atomic mass is 9.95. The zero-order valence-electron chi connectivity index (χ0n) is 16.3. The first-order chi connectivity index (χ1) is 13.4. The van der Waals surface area contributed by atoms with Crippen molar-refractivity contribution in [3.63, 3.8) is 0 Å². The molecule has 3 aromatic carbocycles. The molecule has 3 rings (SSSR count). The van der Waals surface area contributed by atoms with Crippen LogP contribution in [0.25, 0.3) is 0 Å². The van der Waals surface area contributed by atoms with E-state index in [0.717, 1.165) is 16.7 Å². The summed E-state index contributed by atoms with van der Waals surface area (Å²) in [4.78, 5) is 27.6. The van der Waals surface area contributed by atoms with Crippen molar-refractivity contribution in [1.82, 2.24) is 4.90 Å². The Morgan fingerprint density at radius 2 is 1.50 bits per heavy atom. The summed E-state index contributed by atoms with van der Waals surface area (Å²) in [5.41, 5.74) is 4.41. The number of carbonyl (C=O) groups is 2. The van der Waals surface area contributed by atoms with Crippen LogP contribution in [0.2, 0.25) is 0 Å². The molecule has 28 heavy (non-hydrogen) atoms. The molecule has 0 saturated carbocycles. The first-order valence-electron chi connectivity index (χ1n) is 9.11. The van der Waals surface area contributed by atoms with Crippen LogP contribution in [0.1, 0.15) is 43.0 Å². The molecule has 1 amide bonds. The summed E-state index contributed by atoms with van der Waals surface area (Å²) in [6.45, 7) is 4.35. The van der Waals surface area contributed by atoms with Gasteiger partial charge in [0.1, 0.15) is 5.75 Å². The Bertz CT molecular complexity index is 1020. The van der Waals surface area contributed by atoms with E-state index in [1.54, 1.807) is 66.5 Å². The predicted octanol–water partition coefficient (Wildman–Crippen LogP) is 4.51. The van der Waals surface area contributed by atoms with E-state index in [1.807, 2.05) is 26.0 Å². The Morgan fingerprint density at radius 1 is 0.857 bits per heavy atom. The minimum Gasteiger partial charge on any atom is -0.508 e. The van der Waals surface area contributed by atoms with E-state index in [9.17, 15) is 14.7 Å². The third-order valence-electron chi connectivity index (χ3n) is 4.87. The van der Waals surface area contributed by atoms with Gasteiger partial charge in [0.15, 0.2) is 5.78 Å². The molecule has 0 fully saturated rings. The van der Waals surface area contributed by atoms with Crippen molar-refractivity contribution in [3.05, 3.63) is 100 Å². The normalized spacial score (nSPS) is 10.5. The molecule has 3 aromatic rings. The van der Waals surface area contributed by atoms with E-state index in [0.29, 0.717) is 23.2 Å². The number of ketones is 1. The Hall–Kier alpha value is -3.40. The van der Waals surface area contributed by atoms with E-state index in [2.05, 4.69) is 0 Å². The summed E-state index contributed by atoms with van der Waals surface area (Å²) < 4.78 is 0. The Kier molecular flexibility index (Phi) is 5.59. The molecule has 0 heterocycles. The molecule has 0 aliphatic rings. The molecule has 0 aromatic heterocycles. The van der Waals surface area contributed by atoms with Crippen LogP contribution in [0.3, 0.4) is 0 Å². The van der Waals surface area contributed by atoms with Gasteiger partial charge in [-0.15, -0.1) is 0 Å². The molecule has 0 aliphatic carbocycles. The van der Waals surface area contributed by atoms with E-state index >= 15 is 0 Å². The van der Waals surface area contributed by atoms with Gasteiger partial charge >= 0.3 is 0 Å². The van der Waals surface area contributed by atoms with Gasteiger partial charge in [0.25, 0.3) is 5.91 Å². The quantitative estimate of drug-likeness (QED) is 0.670. The second kappa shape index (κ2) is 8.09. The Morgan fingerprint density at radius 3 is 2.14 bits per heavy atom. The maximum absolute atomic E-state index is 13.1. The summed E-state index contributed by atoms with van der Waals surface area (Å²) in [6, 6.07) is 19.2. The van der Waals surface area contributed by atoms with Gasteiger partial charge in [0, 0.05) is 24.7 Å². The fraction of sp³-hybridized carbons (Fsp3) is 0.167. The Labute approximate surface area is 165 Å². The number of hydrogen-bond acceptors (Lipinski definition) is 3. The molecule has 4 nitrogen and oxygen atoms in total. The van der Waals surface area contributed by atoms with Gasteiger partial charge in [-0.1, -0.05) is 42.5 Å². The van der Waals surface area contributed by atoms with Crippen LogP contribution in [0.5, 0.6) is 5.75 Å². The second-order valence-electron chi connectivity index (χ2n) is 7.00. The molecule has 0 aliphatic heterocycles. The molecule has 0 spiro atoms. The highest BCUT2D eigenvalue weighted by Gasteiger charge is 2.21. The monoisotopic (exact) mass is 373 g/mol. The second-order valence-corrected chi connectivity index (χ2v) is 7.00. The fourth-order valence-corrected chi connectivity index (χ4v) is 3.06. The number of hydrogen-bond donors (Lipinski definition) is 1. The standard InChI is InChI=1S/C24H23NO3/c1-16-8-11-19(14-17(16)2)23(27)21-6-4-5-7-22(21)24(28)25(3)15-18-9-12-20(26)13-10-18/h4-14,26H,15H2,1-3H3. The molecule has 0 radical (unpaired) electrons. The van der Waals surface area contributed by atoms with Crippen molar-refractivity contribution < 1.29 is 14.7 Å². The van der Waals surface area contributed by atoms with Crippen LogP contribution in [0, 0.1) is 13.8 Å². The number of rotatable bonds is 5. The predicted molar refractivity (Wildman–Crippen MR) is 110 cm³/mol. The first-order valence-corrected chi connectivity index (χ1v) is 9.11. The van der Waals surface area contributed by atoms with Crippen LogP contribution < -0.4 is 0 Å². The van der Waals surface area contributed by atoms with E-state index < -0.39 is 0 Å². The lowest BCUT2D eigenvalue weighted by Crippen LogP contribution is -2.28. The number of amides is 1. The summed E-state index contributed by atoms with van der Waals surface area (Å²) in [5.74, 6) is -0.201. The van der Waals surface area contributed by atoms with Gasteiger partial charge in [-0.2, -0.15) is 0 Å². The third-order valence-corrected chi connectivity index (χ3v) is 4.87. The third kappa shape index (κ3) is 4.12. The number of nitrogens with zero attached hydrogens (tertiary/aromatic N) is 1. The first kappa shape index (κ1) is 19.4. The maximum atomic E-state index is 13.1. The number of phenols is 1. The molecule has 0 unspecified atom stereocenters. The number of carbonyl (C=O) groups excluding carboxylic acids is 2. The van der Waals surface area contributed by atoms with Crippen molar-refractivity contribution in [3.8, 4) is 5.75 Å². The smallest absolute Gasteiger partial charge is 0.254 e. The minimum absolute atomic E-state index is 0.162. The lowest BCUT2D eigenvalue weighted by molar-refractivity contribution is 0.0780. The topological polar surface area (TPSA) is 57.6 Å². The lowest BCUT2D eigenvalue weighted by Gasteiger charge is -2.19. The summed E-state index contributed by atoms with van der Waals surface area (Å²) in [6.07, 6.45) is 0. The van der Waals surface area contributed by atoms with Gasteiger partial charge in [0.05, 0.1) is 5.56 Å². The zero-order valence-corrected chi connectivity index (χ0v) is 16.3. The van der Waals surface area contributed by atoms with Crippen LogP contribution in [-0.2, 0) is 6.54 Å². The fourth-order valence-electron chi connectivity index (χ4n) is 3.06. The van der Waals surface area contributed by atoms with E-state index in [4.69, 9.17) is 0 Å². The number of phenolic OH excluding ortho intramolecular Hbond substituents is 1. The Balaban J connectivity index is 1.88. The summed E-state index contributed by atoms with van der Waals surface area (Å²) in [7, 11) is 1.70. The van der Waals surface area contributed by atoms with Crippen molar-refractivity contribution >= 4 is 11.7 Å². The number of aryl methyl sites for hydroxylation is 2. The van der Waals surface area contributed by atoms with Crippen LogP contribution in [-0.4, -0.2) is 28.7 Å². The molecule has 0 saturated heterocycles. The average Bonchev–Trinajstić information content (AvgIpc) is 2.70. The molecular formula is C24H23NO3. The zero-order chi connectivity index (χ0) is 20.3. The van der Waals surface area contributed by atoms with Gasteiger partial charge in [-0.05, 0) is 54.8 Å². The van der Waals surface area contributed by atoms with E-state index in [1.165, 1.54) is 0 Å². The SMILES string of the molecule is Cc1ccc(C(=O)c2ccccc2C(=O)N(C)Cc2ccc(O)cc2)cc1C. The highest BCUT2D eigenvalue weighted by atomic mass is 16.3. The molecule has 142 valence electrons. The number of aromatic hydroxyl groups is 1. The van der Waals surface area contributed by atoms with Crippen LogP contribution in [0.4, 0.5) is 0 Å². The minimum atomic E-state index is -0.221. The summed E-state index contributed by atoms with van der Waals surface area (Å²) in [5, 5.41) is 9.40. The highest BCUT2D eigenvalue weighted by molar-refractivity contribution is 6.15. The van der Waals surface area contributed by atoms with Crippen molar-refractivity contribution in [2.24, 2.45) is 0 Å². The molecule has 1 N–H and O–H groups in total. The van der Waals surface area contributed by atoms with Gasteiger partial charge in [-0.25, -0.2) is 0 Å². The van der Waals surface area contributed by atoms with Gasteiger partial charge in [0.2, 0.25) is 0 Å². The van der Waals surface area contributed by atoms with Gasteiger partial charge < -0.3 is 10.0 Å². The van der Waals surface area contributed by atoms with Crippen molar-refractivity contribution in [1.29, 1.82) is 0 Å². The molecule has 0 atom stereocenters. The highest BCUT2D eigenvalue weighted by Crippen LogP contribution is 2.20. The van der Waals surface area contributed by atoms with Crippen LogP contribution >= 0.6 is 0 Å².